The van der Waals surface area contributed by atoms with Crippen LogP contribution in [0.3, 0.4) is 0 Å². The highest BCUT2D eigenvalue weighted by atomic mass is 16.6. The quantitative estimate of drug-likeness (QED) is 0.562. The van der Waals surface area contributed by atoms with Crippen LogP contribution >= 0.6 is 0 Å². The smallest absolute Gasteiger partial charge is 0.408 e. The van der Waals surface area contributed by atoms with Crippen LogP contribution in [0.25, 0.3) is 0 Å². The molecule has 0 saturated heterocycles. The second-order valence-electron chi connectivity index (χ2n) is 9.83. The van der Waals surface area contributed by atoms with E-state index in [4.69, 9.17) is 4.74 Å². The third-order valence-electron chi connectivity index (χ3n) is 5.70. The molecule has 1 aromatic carbocycles. The van der Waals surface area contributed by atoms with E-state index in [0.717, 1.165) is 36.0 Å². The average molecular weight is 446 g/mol. The van der Waals surface area contributed by atoms with Crippen molar-refractivity contribution < 1.29 is 19.1 Å². The molecule has 3 unspecified atom stereocenters. The number of carbonyl (C=O) groups excluding carboxylic acids is 3. The Morgan fingerprint density at radius 2 is 1.81 bits per heavy atom. The summed E-state index contributed by atoms with van der Waals surface area (Å²) in [6.07, 6.45) is 2.03. The van der Waals surface area contributed by atoms with Crippen LogP contribution in [0.2, 0.25) is 0 Å². The third kappa shape index (κ3) is 7.24. The predicted octanol–water partition coefficient (Wildman–Crippen LogP) is 4.02. The largest absolute Gasteiger partial charge is 0.444 e. The number of rotatable bonds is 9. The zero-order valence-corrected chi connectivity index (χ0v) is 20.6. The number of hydrogen-bond donors (Lipinski definition) is 2. The molecule has 1 aromatic rings. The predicted molar refractivity (Wildman–Crippen MR) is 125 cm³/mol. The lowest BCUT2D eigenvalue weighted by atomic mass is 9.98. The molecule has 1 aliphatic carbocycles. The Labute approximate surface area is 192 Å². The van der Waals surface area contributed by atoms with Crippen molar-refractivity contribution in [1.29, 1.82) is 0 Å². The lowest BCUT2D eigenvalue weighted by Gasteiger charge is -2.32. The molecule has 3 amide bonds. The fraction of sp³-hybridized carbons (Fsp3) is 0.640. The summed E-state index contributed by atoms with van der Waals surface area (Å²) in [7, 11) is 0. The second-order valence-corrected chi connectivity index (χ2v) is 9.83. The molecule has 2 rings (SSSR count). The molecular weight excluding hydrogens is 406 g/mol. The minimum absolute atomic E-state index is 0.0357. The van der Waals surface area contributed by atoms with Crippen molar-refractivity contribution in [2.75, 3.05) is 13.1 Å². The summed E-state index contributed by atoms with van der Waals surface area (Å²) in [5, 5.41) is 5.55. The number of aryl methyl sites for hydroxylation is 2. The normalized spacial score (nSPS) is 18.5. The van der Waals surface area contributed by atoms with Crippen LogP contribution in [0.5, 0.6) is 0 Å². The van der Waals surface area contributed by atoms with E-state index in [2.05, 4.69) is 24.5 Å². The Balaban J connectivity index is 2.29. The van der Waals surface area contributed by atoms with Crippen molar-refractivity contribution in [3.8, 4) is 0 Å². The van der Waals surface area contributed by atoms with Crippen LogP contribution in [0.1, 0.15) is 76.6 Å². The van der Waals surface area contributed by atoms with Crippen molar-refractivity contribution in [3.63, 3.8) is 0 Å². The molecular formula is C25H39N3O4. The van der Waals surface area contributed by atoms with Gasteiger partial charge in [0.15, 0.2) is 0 Å². The van der Waals surface area contributed by atoms with E-state index in [1.54, 1.807) is 25.7 Å². The van der Waals surface area contributed by atoms with Crippen molar-refractivity contribution in [2.45, 2.75) is 85.4 Å². The first kappa shape index (κ1) is 25.7. The first-order chi connectivity index (χ1) is 14.9. The zero-order chi connectivity index (χ0) is 24.1. The lowest BCUT2D eigenvalue weighted by molar-refractivity contribution is -0.141. The van der Waals surface area contributed by atoms with Crippen LogP contribution in [-0.4, -0.2) is 47.5 Å². The first-order valence-electron chi connectivity index (χ1n) is 11.6. The molecule has 1 saturated carbocycles. The first-order valence-corrected chi connectivity index (χ1v) is 11.6. The van der Waals surface area contributed by atoms with Crippen LogP contribution in [0.15, 0.2) is 18.2 Å². The molecule has 1 aliphatic rings. The van der Waals surface area contributed by atoms with Gasteiger partial charge in [0.05, 0.1) is 0 Å². The lowest BCUT2D eigenvalue weighted by Crippen LogP contribution is -2.49. The summed E-state index contributed by atoms with van der Waals surface area (Å²) in [5.41, 5.74) is 2.32. The number of nitrogens with one attached hydrogen (secondary N) is 2. The molecule has 7 nitrogen and oxygen atoms in total. The summed E-state index contributed by atoms with van der Waals surface area (Å²) in [6.45, 7) is 13.8. The Hall–Kier alpha value is -2.57. The number of carbonyl (C=O) groups is 3. The summed E-state index contributed by atoms with van der Waals surface area (Å²) < 4.78 is 5.25. The molecule has 0 spiro atoms. The number of benzene rings is 1. The van der Waals surface area contributed by atoms with Crippen molar-refractivity contribution in [2.24, 2.45) is 5.92 Å². The number of nitrogens with zero attached hydrogens (tertiary/aromatic N) is 1. The Morgan fingerprint density at radius 3 is 2.34 bits per heavy atom. The maximum atomic E-state index is 13.3. The van der Waals surface area contributed by atoms with Gasteiger partial charge in [-0.15, -0.1) is 0 Å². The monoisotopic (exact) mass is 445 g/mol. The average Bonchev–Trinajstić information content (AvgIpc) is 3.41. The standard InChI is InChI=1S/C25H39N3O4/c1-8-9-12-26-23(30)22(19-11-10-16(2)17(3)13-19)28(20-14-18(20)4)21(29)15-27-24(31)32-25(5,6)7/h10-11,13,18,20,22H,8-9,12,14-15H2,1-7H3,(H,26,30)(H,27,31). The van der Waals surface area contributed by atoms with Gasteiger partial charge in [-0.25, -0.2) is 4.79 Å². The van der Waals surface area contributed by atoms with E-state index >= 15 is 0 Å². The summed E-state index contributed by atoms with van der Waals surface area (Å²) in [4.78, 5) is 40.4. The molecule has 0 heterocycles. The van der Waals surface area contributed by atoms with E-state index in [1.165, 1.54) is 0 Å². The van der Waals surface area contributed by atoms with Crippen LogP contribution in [0.4, 0.5) is 4.79 Å². The zero-order valence-electron chi connectivity index (χ0n) is 20.6. The topological polar surface area (TPSA) is 87.7 Å². The van der Waals surface area contributed by atoms with Gasteiger partial charge in [-0.05, 0) is 70.1 Å². The molecule has 7 heteroatoms. The molecule has 1 fully saturated rings. The third-order valence-corrected chi connectivity index (χ3v) is 5.70. The molecule has 0 radical (unpaired) electrons. The number of alkyl carbamates (subject to hydrolysis) is 1. The maximum Gasteiger partial charge on any atom is 0.408 e. The molecule has 0 bridgehead atoms. The molecule has 0 aromatic heterocycles. The Bertz CT molecular complexity index is 831. The van der Waals surface area contributed by atoms with Crippen molar-refractivity contribution >= 4 is 17.9 Å². The molecule has 2 N–H and O–H groups in total. The highest BCUT2D eigenvalue weighted by molar-refractivity contribution is 5.91. The van der Waals surface area contributed by atoms with Gasteiger partial charge in [0.25, 0.3) is 0 Å². The van der Waals surface area contributed by atoms with E-state index in [9.17, 15) is 14.4 Å². The number of unbranched alkanes of at least 4 members (excludes halogenated alkanes) is 1. The van der Waals surface area contributed by atoms with E-state index < -0.39 is 17.7 Å². The van der Waals surface area contributed by atoms with E-state index in [1.807, 2.05) is 32.0 Å². The molecule has 3 atom stereocenters. The second kappa shape index (κ2) is 10.8. The van der Waals surface area contributed by atoms with Gasteiger partial charge in [-0.3, -0.25) is 9.59 Å². The molecule has 178 valence electrons. The summed E-state index contributed by atoms with van der Waals surface area (Å²) >= 11 is 0. The molecule has 32 heavy (non-hydrogen) atoms. The Kier molecular flexibility index (Phi) is 8.70. The van der Waals surface area contributed by atoms with Crippen molar-refractivity contribution in [1.82, 2.24) is 15.5 Å². The van der Waals surface area contributed by atoms with E-state index in [-0.39, 0.29) is 24.4 Å². The van der Waals surface area contributed by atoms with Crippen LogP contribution < -0.4 is 10.6 Å². The highest BCUT2D eigenvalue weighted by Gasteiger charge is 2.46. The SMILES string of the molecule is CCCCNC(=O)C(c1ccc(C)c(C)c1)N(C(=O)CNC(=O)OC(C)(C)C)C1CC1C. The van der Waals surface area contributed by atoms with Gasteiger partial charge >= 0.3 is 6.09 Å². The van der Waals surface area contributed by atoms with Gasteiger partial charge in [-0.2, -0.15) is 0 Å². The van der Waals surface area contributed by atoms with Gasteiger partial charge in [0, 0.05) is 12.6 Å². The minimum Gasteiger partial charge on any atom is -0.444 e. The number of hydrogen-bond acceptors (Lipinski definition) is 4. The minimum atomic E-state index is -0.742. The number of ether oxygens (including phenoxy) is 1. The van der Waals surface area contributed by atoms with Crippen LogP contribution in [0, 0.1) is 19.8 Å². The van der Waals surface area contributed by atoms with Gasteiger partial charge in [0.2, 0.25) is 11.8 Å². The summed E-state index contributed by atoms with van der Waals surface area (Å²) in [6, 6.07) is 5.10. The van der Waals surface area contributed by atoms with Crippen molar-refractivity contribution in [3.05, 3.63) is 34.9 Å². The van der Waals surface area contributed by atoms with Gasteiger partial charge in [0.1, 0.15) is 18.2 Å². The fourth-order valence-electron chi connectivity index (χ4n) is 3.62. The molecule has 0 aliphatic heterocycles. The Morgan fingerprint density at radius 1 is 1.16 bits per heavy atom. The highest BCUT2D eigenvalue weighted by Crippen LogP contribution is 2.40. The fourth-order valence-corrected chi connectivity index (χ4v) is 3.62. The number of amides is 3. The summed E-state index contributed by atoms with van der Waals surface area (Å²) in [5.74, 6) is -0.177. The van der Waals surface area contributed by atoms with Gasteiger partial charge < -0.3 is 20.3 Å². The van der Waals surface area contributed by atoms with Gasteiger partial charge in [-0.1, -0.05) is 38.5 Å². The van der Waals surface area contributed by atoms with E-state index in [0.29, 0.717) is 12.5 Å². The van der Waals surface area contributed by atoms with Crippen LogP contribution in [-0.2, 0) is 14.3 Å². The maximum absolute atomic E-state index is 13.3.